The second-order valence-electron chi connectivity index (χ2n) is 7.80. The maximum atomic E-state index is 13.4. The van der Waals surface area contributed by atoms with Gasteiger partial charge in [-0.3, -0.25) is 13.8 Å². The summed E-state index contributed by atoms with van der Waals surface area (Å²) < 4.78 is 10.9. The molecule has 0 aliphatic rings. The van der Waals surface area contributed by atoms with Crippen LogP contribution in [0.15, 0.2) is 58.5 Å². The monoisotopic (exact) mass is 476 g/mol. The zero-order chi connectivity index (χ0) is 23.5. The number of aromatic nitrogens is 8. The lowest BCUT2D eigenvalue weighted by atomic mass is 10.2. The summed E-state index contributed by atoms with van der Waals surface area (Å²) in [6.07, 6.45) is 2.08. The van der Waals surface area contributed by atoms with Crippen LogP contribution in [0.3, 0.4) is 0 Å². The number of para-hydroxylation sites is 2. The van der Waals surface area contributed by atoms with Gasteiger partial charge in [-0.1, -0.05) is 55.4 Å². The molecular weight excluding hydrogens is 452 g/mol. The summed E-state index contributed by atoms with van der Waals surface area (Å²) in [6, 6.07) is 15.2. The standard InChI is InChI=1S/C23H24N8O2S/c1-3-4-13-30-20(24-27-28-30)15-34-23-26-25-22-29(14-16-9-5-8-12-19(16)33-2)21(32)17-10-6-7-11-18(17)31(22)23/h5-12H,3-4,13-15H2,1-2H3. The summed E-state index contributed by atoms with van der Waals surface area (Å²) in [5.74, 6) is 2.51. The predicted octanol–water partition coefficient (Wildman–Crippen LogP) is 3.18. The van der Waals surface area contributed by atoms with Crippen molar-refractivity contribution in [3.8, 4) is 5.75 Å². The average molecular weight is 477 g/mol. The first-order chi connectivity index (χ1) is 16.7. The van der Waals surface area contributed by atoms with Crippen LogP contribution in [0.2, 0.25) is 0 Å². The highest BCUT2D eigenvalue weighted by molar-refractivity contribution is 7.98. The SMILES string of the molecule is CCCCn1nnnc1CSc1nnc2n(Cc3ccccc3OC)c(=O)c3ccccc3n12. The van der Waals surface area contributed by atoms with E-state index in [1.807, 2.05) is 57.6 Å². The maximum absolute atomic E-state index is 13.4. The number of thioether (sulfide) groups is 1. The van der Waals surface area contributed by atoms with E-state index in [4.69, 9.17) is 4.74 Å². The van der Waals surface area contributed by atoms with Gasteiger partial charge in [0.1, 0.15) is 5.75 Å². The molecule has 0 aliphatic heterocycles. The lowest BCUT2D eigenvalue weighted by Crippen LogP contribution is -2.24. The Bertz CT molecular complexity index is 1510. The van der Waals surface area contributed by atoms with Crippen LogP contribution in [0.25, 0.3) is 16.7 Å². The number of hydrogen-bond acceptors (Lipinski definition) is 8. The number of hydrogen-bond donors (Lipinski definition) is 0. The fourth-order valence-electron chi connectivity index (χ4n) is 3.91. The number of methoxy groups -OCH3 is 1. The van der Waals surface area contributed by atoms with Crippen molar-refractivity contribution in [2.24, 2.45) is 0 Å². The number of benzene rings is 2. The van der Waals surface area contributed by atoms with Crippen molar-refractivity contribution in [2.75, 3.05) is 7.11 Å². The molecule has 0 bridgehead atoms. The van der Waals surface area contributed by atoms with Gasteiger partial charge in [-0.25, -0.2) is 4.68 Å². The number of aryl methyl sites for hydroxylation is 1. The molecule has 3 heterocycles. The quantitative estimate of drug-likeness (QED) is 0.299. The minimum Gasteiger partial charge on any atom is -0.496 e. The molecule has 2 aromatic carbocycles. The number of rotatable bonds is 9. The number of ether oxygens (including phenoxy) is 1. The van der Waals surface area contributed by atoms with Gasteiger partial charge in [0.2, 0.25) is 5.78 Å². The normalized spacial score (nSPS) is 11.5. The van der Waals surface area contributed by atoms with Gasteiger partial charge < -0.3 is 4.74 Å². The molecule has 0 atom stereocenters. The van der Waals surface area contributed by atoms with E-state index in [1.165, 1.54) is 11.8 Å². The van der Waals surface area contributed by atoms with Crippen molar-refractivity contribution in [3.63, 3.8) is 0 Å². The Labute approximate surface area is 199 Å². The van der Waals surface area contributed by atoms with E-state index in [2.05, 4.69) is 32.6 Å². The number of unbranched alkanes of at least 4 members (excludes halogenated alkanes) is 1. The molecule has 0 amide bonds. The molecule has 0 N–H and O–H groups in total. The van der Waals surface area contributed by atoms with Gasteiger partial charge in [-0.2, -0.15) is 0 Å². The van der Waals surface area contributed by atoms with Gasteiger partial charge in [0.15, 0.2) is 11.0 Å². The summed E-state index contributed by atoms with van der Waals surface area (Å²) in [4.78, 5) is 13.4. The van der Waals surface area contributed by atoms with E-state index in [0.717, 1.165) is 36.3 Å². The highest BCUT2D eigenvalue weighted by atomic mass is 32.2. The van der Waals surface area contributed by atoms with Gasteiger partial charge in [0, 0.05) is 12.1 Å². The van der Waals surface area contributed by atoms with Crippen molar-refractivity contribution < 1.29 is 4.74 Å². The van der Waals surface area contributed by atoms with Crippen LogP contribution < -0.4 is 10.3 Å². The van der Waals surface area contributed by atoms with Crippen LogP contribution in [-0.2, 0) is 18.8 Å². The average Bonchev–Trinajstić information content (AvgIpc) is 3.51. The highest BCUT2D eigenvalue weighted by Gasteiger charge is 2.19. The summed E-state index contributed by atoms with van der Waals surface area (Å²) in [5.41, 5.74) is 1.52. The first kappa shape index (κ1) is 22.1. The van der Waals surface area contributed by atoms with Crippen molar-refractivity contribution in [1.29, 1.82) is 0 Å². The smallest absolute Gasteiger partial charge is 0.263 e. The first-order valence-electron chi connectivity index (χ1n) is 11.1. The molecular formula is C23H24N8O2S. The van der Waals surface area contributed by atoms with Crippen molar-refractivity contribution in [1.82, 2.24) is 39.4 Å². The first-order valence-corrected chi connectivity index (χ1v) is 12.1. The Morgan fingerprint density at radius 2 is 1.85 bits per heavy atom. The Morgan fingerprint density at radius 1 is 1.03 bits per heavy atom. The molecule has 5 rings (SSSR count). The van der Waals surface area contributed by atoms with Crippen LogP contribution >= 0.6 is 11.8 Å². The lowest BCUT2D eigenvalue weighted by molar-refractivity contribution is 0.408. The summed E-state index contributed by atoms with van der Waals surface area (Å²) in [7, 11) is 1.62. The van der Waals surface area contributed by atoms with Crippen molar-refractivity contribution in [3.05, 3.63) is 70.3 Å². The molecule has 0 spiro atoms. The molecule has 0 radical (unpaired) electrons. The third-order valence-corrected chi connectivity index (χ3v) is 6.58. The van der Waals surface area contributed by atoms with Gasteiger partial charge in [-0.05, 0) is 35.0 Å². The Hall–Kier alpha value is -3.73. The van der Waals surface area contributed by atoms with Gasteiger partial charge in [0.25, 0.3) is 5.56 Å². The van der Waals surface area contributed by atoms with Crippen molar-refractivity contribution in [2.45, 2.75) is 43.8 Å². The molecule has 34 heavy (non-hydrogen) atoms. The fraction of sp³-hybridized carbons (Fsp3) is 0.304. The van der Waals surface area contributed by atoms with Crippen LogP contribution in [0.4, 0.5) is 0 Å². The highest BCUT2D eigenvalue weighted by Crippen LogP contribution is 2.25. The Balaban J connectivity index is 1.58. The van der Waals surface area contributed by atoms with Crippen LogP contribution in [0.1, 0.15) is 31.2 Å². The lowest BCUT2D eigenvalue weighted by Gasteiger charge is -2.13. The topological polar surface area (TPSA) is 105 Å². The second-order valence-corrected chi connectivity index (χ2v) is 8.74. The number of fused-ring (bicyclic) bond motifs is 3. The number of nitrogens with zero attached hydrogens (tertiary/aromatic N) is 8. The molecule has 0 saturated carbocycles. The number of tetrazole rings is 1. The van der Waals surface area contributed by atoms with E-state index in [1.54, 1.807) is 11.7 Å². The van der Waals surface area contributed by atoms with E-state index in [-0.39, 0.29) is 5.56 Å². The summed E-state index contributed by atoms with van der Waals surface area (Å²) in [5, 5.41) is 22.2. The summed E-state index contributed by atoms with van der Waals surface area (Å²) >= 11 is 1.49. The van der Waals surface area contributed by atoms with E-state index in [0.29, 0.717) is 34.4 Å². The zero-order valence-corrected chi connectivity index (χ0v) is 19.8. The zero-order valence-electron chi connectivity index (χ0n) is 19.0. The minimum atomic E-state index is -0.124. The Morgan fingerprint density at radius 3 is 2.71 bits per heavy atom. The van der Waals surface area contributed by atoms with E-state index in [9.17, 15) is 4.79 Å². The van der Waals surface area contributed by atoms with Crippen LogP contribution in [0.5, 0.6) is 5.75 Å². The van der Waals surface area contributed by atoms with Crippen LogP contribution in [-0.4, -0.2) is 46.5 Å². The third-order valence-electron chi connectivity index (χ3n) is 5.66. The van der Waals surface area contributed by atoms with Crippen molar-refractivity contribution >= 4 is 28.4 Å². The van der Waals surface area contributed by atoms with Crippen LogP contribution in [0, 0.1) is 0 Å². The molecule has 0 aliphatic carbocycles. The maximum Gasteiger partial charge on any atom is 0.263 e. The molecule has 3 aromatic heterocycles. The summed E-state index contributed by atoms with van der Waals surface area (Å²) in [6.45, 7) is 3.23. The molecule has 174 valence electrons. The van der Waals surface area contributed by atoms with E-state index < -0.39 is 0 Å². The molecule has 10 nitrogen and oxygen atoms in total. The van der Waals surface area contributed by atoms with Gasteiger partial charge in [0.05, 0.1) is 30.3 Å². The molecule has 0 unspecified atom stereocenters. The van der Waals surface area contributed by atoms with Gasteiger partial charge >= 0.3 is 0 Å². The second kappa shape index (κ2) is 9.64. The molecule has 0 fully saturated rings. The fourth-order valence-corrected chi connectivity index (χ4v) is 4.78. The molecule has 11 heteroatoms. The van der Waals surface area contributed by atoms with Gasteiger partial charge in [-0.15, -0.1) is 15.3 Å². The minimum absolute atomic E-state index is 0.124. The molecule has 0 saturated heterocycles. The largest absolute Gasteiger partial charge is 0.496 e. The predicted molar refractivity (Wildman–Crippen MR) is 129 cm³/mol. The van der Waals surface area contributed by atoms with E-state index >= 15 is 0 Å². The third kappa shape index (κ3) is 4.03. The molecule has 5 aromatic rings. The Kier molecular flexibility index (Phi) is 6.26.